The molecular weight excluding hydrogens is 417 g/mol. The van der Waals surface area contributed by atoms with Crippen molar-refractivity contribution in [3.63, 3.8) is 0 Å². The van der Waals surface area contributed by atoms with Crippen LogP contribution in [0.2, 0.25) is 0 Å². The summed E-state index contributed by atoms with van der Waals surface area (Å²) in [5.41, 5.74) is 4.93. The molecule has 0 aromatic heterocycles. The molecule has 33 heavy (non-hydrogen) atoms. The Morgan fingerprint density at radius 2 is 1.06 bits per heavy atom. The molecule has 4 rings (SSSR count). The minimum absolute atomic E-state index is 0.428. The normalized spacial score (nSPS) is 11.7. The third-order valence-electron chi connectivity index (χ3n) is 5.88. The van der Waals surface area contributed by atoms with E-state index in [0.29, 0.717) is 11.8 Å². The Kier molecular flexibility index (Phi) is 7.53. The number of hydrogen-bond donors (Lipinski definition) is 0. The lowest BCUT2D eigenvalue weighted by molar-refractivity contribution is 0.835. The summed E-state index contributed by atoms with van der Waals surface area (Å²) in [5.74, 6) is 0.855. The van der Waals surface area contributed by atoms with E-state index in [1.54, 1.807) is 0 Å². The van der Waals surface area contributed by atoms with Crippen molar-refractivity contribution in [2.24, 2.45) is 4.99 Å². The van der Waals surface area contributed by atoms with Gasteiger partial charge in [0.15, 0.2) is 0 Å². The summed E-state index contributed by atoms with van der Waals surface area (Å²) in [6.07, 6.45) is 2.09. The van der Waals surface area contributed by atoms with Crippen molar-refractivity contribution in [1.82, 2.24) is 0 Å². The molecule has 0 saturated heterocycles. The first-order valence-electron chi connectivity index (χ1n) is 11.7. The van der Waals surface area contributed by atoms with Gasteiger partial charge in [0.25, 0.3) is 0 Å². The zero-order chi connectivity index (χ0) is 23.2. The summed E-state index contributed by atoms with van der Waals surface area (Å²) in [6.45, 7) is 8.99. The Morgan fingerprint density at radius 1 is 0.576 bits per heavy atom. The fourth-order valence-electron chi connectivity index (χ4n) is 4.18. The maximum atomic E-state index is 5.13. The van der Waals surface area contributed by atoms with Gasteiger partial charge in [-0.15, -0.1) is 0 Å². The summed E-state index contributed by atoms with van der Waals surface area (Å²) >= 11 is 0. The van der Waals surface area contributed by atoms with E-state index in [2.05, 4.69) is 137 Å². The second-order valence-electron chi connectivity index (χ2n) is 8.92. The number of hydrogen-bond acceptors (Lipinski definition) is 1. The average molecular weight is 450 g/mol. The molecule has 2 heteroatoms. The summed E-state index contributed by atoms with van der Waals surface area (Å²) in [7, 11) is -0.679. The fourth-order valence-corrected chi connectivity index (χ4v) is 6.60. The Morgan fingerprint density at radius 3 is 1.58 bits per heavy atom. The average Bonchev–Trinajstić information content (AvgIpc) is 2.84. The van der Waals surface area contributed by atoms with Gasteiger partial charge in [-0.25, -0.2) is 0 Å². The first-order valence-corrected chi connectivity index (χ1v) is 13.1. The lowest BCUT2D eigenvalue weighted by Gasteiger charge is -2.21. The van der Waals surface area contributed by atoms with E-state index in [1.807, 2.05) is 0 Å². The number of rotatable bonds is 7. The van der Waals surface area contributed by atoms with Gasteiger partial charge in [0, 0.05) is 11.8 Å². The van der Waals surface area contributed by atoms with Crippen LogP contribution in [0.25, 0.3) is 0 Å². The number of nitrogens with zero attached hydrogens (tertiary/aromatic N) is 1. The van der Waals surface area contributed by atoms with Crippen molar-refractivity contribution in [1.29, 1.82) is 0 Å². The molecule has 0 aliphatic carbocycles. The third-order valence-corrected chi connectivity index (χ3v) is 8.40. The van der Waals surface area contributed by atoms with E-state index in [1.165, 1.54) is 32.6 Å². The second kappa shape index (κ2) is 10.7. The van der Waals surface area contributed by atoms with Crippen LogP contribution in [0.3, 0.4) is 0 Å². The largest absolute Gasteiger partial charge is 0.256 e. The molecule has 0 atom stereocenters. The molecule has 4 aromatic carbocycles. The molecule has 0 aliphatic rings. The van der Waals surface area contributed by atoms with E-state index < -0.39 is 7.92 Å². The smallest absolute Gasteiger partial charge is 0.0699 e. The minimum Gasteiger partial charge on any atom is -0.256 e. The summed E-state index contributed by atoms with van der Waals surface area (Å²) < 4.78 is 0. The highest BCUT2D eigenvalue weighted by Gasteiger charge is 2.19. The molecule has 0 spiro atoms. The lowest BCUT2D eigenvalue weighted by atomic mass is 9.93. The fraction of sp³-hybridized carbons (Fsp3) is 0.194. The van der Waals surface area contributed by atoms with Gasteiger partial charge in [0.2, 0.25) is 0 Å². The standard InChI is InChI=1S/C31H32NP/c1-23(2)28-19-13-20-29(24(3)4)31(28)32-22-25-14-11-12-21-30(25)33(26-15-7-5-8-16-26)27-17-9-6-10-18-27/h5-24H,1-4H3. The van der Waals surface area contributed by atoms with Crippen molar-refractivity contribution < 1.29 is 0 Å². The molecule has 166 valence electrons. The van der Waals surface area contributed by atoms with E-state index in [-0.39, 0.29) is 0 Å². The van der Waals surface area contributed by atoms with E-state index >= 15 is 0 Å². The first-order chi connectivity index (χ1) is 16.1. The molecule has 1 nitrogen and oxygen atoms in total. The van der Waals surface area contributed by atoms with Crippen molar-refractivity contribution in [2.45, 2.75) is 39.5 Å². The predicted octanol–water partition coefficient (Wildman–Crippen LogP) is 7.44. The van der Waals surface area contributed by atoms with Crippen LogP contribution in [0.4, 0.5) is 5.69 Å². The van der Waals surface area contributed by atoms with Gasteiger partial charge in [-0.05, 0) is 46.8 Å². The Bertz CT molecular complexity index is 1140. The number of para-hydroxylation sites is 1. The molecule has 0 unspecified atom stereocenters. The van der Waals surface area contributed by atoms with Crippen LogP contribution < -0.4 is 15.9 Å². The van der Waals surface area contributed by atoms with Crippen LogP contribution in [0.1, 0.15) is 56.2 Å². The van der Waals surface area contributed by atoms with Crippen molar-refractivity contribution in [3.8, 4) is 0 Å². The molecule has 0 N–H and O–H groups in total. The Hall–Kier alpha value is -3.02. The van der Waals surface area contributed by atoms with Gasteiger partial charge in [-0.2, -0.15) is 0 Å². The maximum Gasteiger partial charge on any atom is 0.0699 e. The van der Waals surface area contributed by atoms with Crippen molar-refractivity contribution in [2.75, 3.05) is 0 Å². The van der Waals surface area contributed by atoms with Gasteiger partial charge >= 0.3 is 0 Å². The molecule has 4 aromatic rings. The van der Waals surface area contributed by atoms with E-state index in [0.717, 1.165) is 5.69 Å². The van der Waals surface area contributed by atoms with Crippen LogP contribution in [0.5, 0.6) is 0 Å². The van der Waals surface area contributed by atoms with Gasteiger partial charge in [0.1, 0.15) is 0 Å². The molecule has 0 saturated carbocycles. The summed E-state index contributed by atoms with van der Waals surface area (Å²) in [5, 5.41) is 4.04. The van der Waals surface area contributed by atoms with Crippen LogP contribution in [0.15, 0.2) is 108 Å². The molecule has 0 radical (unpaired) electrons. The first kappa shape index (κ1) is 23.1. The number of aliphatic imine (C=N–C) groups is 1. The van der Waals surface area contributed by atoms with Crippen LogP contribution in [-0.4, -0.2) is 6.21 Å². The molecular formula is C31H32NP. The highest BCUT2D eigenvalue weighted by molar-refractivity contribution is 7.80. The molecule has 0 heterocycles. The van der Waals surface area contributed by atoms with E-state index in [9.17, 15) is 0 Å². The zero-order valence-corrected chi connectivity index (χ0v) is 20.8. The monoisotopic (exact) mass is 449 g/mol. The lowest BCUT2D eigenvalue weighted by Crippen LogP contribution is -2.23. The zero-order valence-electron chi connectivity index (χ0n) is 19.9. The highest BCUT2D eigenvalue weighted by atomic mass is 31.1. The minimum atomic E-state index is -0.679. The molecule has 0 bridgehead atoms. The van der Waals surface area contributed by atoms with Crippen LogP contribution >= 0.6 is 7.92 Å². The molecule has 0 aliphatic heterocycles. The third kappa shape index (κ3) is 5.32. The van der Waals surface area contributed by atoms with Gasteiger partial charge < -0.3 is 0 Å². The van der Waals surface area contributed by atoms with Crippen molar-refractivity contribution >= 4 is 35.7 Å². The Balaban J connectivity index is 1.84. The number of benzene rings is 4. The highest BCUT2D eigenvalue weighted by Crippen LogP contribution is 2.36. The molecule has 0 amide bonds. The Labute approximate surface area is 200 Å². The summed E-state index contributed by atoms with van der Waals surface area (Å²) in [4.78, 5) is 5.13. The SMILES string of the molecule is CC(C)c1cccc(C(C)C)c1N=Cc1ccccc1P(c1ccccc1)c1ccccc1. The predicted molar refractivity (Wildman–Crippen MR) is 147 cm³/mol. The van der Waals surface area contributed by atoms with Crippen molar-refractivity contribution in [3.05, 3.63) is 120 Å². The summed E-state index contributed by atoms with van der Waals surface area (Å²) in [6, 6.07) is 37.1. The van der Waals surface area contributed by atoms with Gasteiger partial charge in [-0.1, -0.05) is 131 Å². The topological polar surface area (TPSA) is 12.4 Å². The van der Waals surface area contributed by atoms with Gasteiger partial charge in [-0.3, -0.25) is 4.99 Å². The van der Waals surface area contributed by atoms with Crippen LogP contribution in [-0.2, 0) is 0 Å². The quantitative estimate of drug-likeness (QED) is 0.205. The molecule has 0 fully saturated rings. The second-order valence-corrected chi connectivity index (χ2v) is 11.1. The van der Waals surface area contributed by atoms with Gasteiger partial charge in [0.05, 0.1) is 5.69 Å². The van der Waals surface area contributed by atoms with Crippen LogP contribution in [0, 0.1) is 0 Å². The maximum absolute atomic E-state index is 5.13. The van der Waals surface area contributed by atoms with E-state index in [4.69, 9.17) is 4.99 Å².